The summed E-state index contributed by atoms with van der Waals surface area (Å²) in [6.45, 7) is 0.348. The van der Waals surface area contributed by atoms with E-state index in [-0.39, 0.29) is 17.4 Å². The highest BCUT2D eigenvalue weighted by molar-refractivity contribution is 6.33. The van der Waals surface area contributed by atoms with E-state index in [2.05, 4.69) is 10.3 Å². The fourth-order valence-electron chi connectivity index (χ4n) is 1.85. The third-order valence-corrected chi connectivity index (χ3v) is 3.29. The second kappa shape index (κ2) is 6.54. The van der Waals surface area contributed by atoms with Gasteiger partial charge >= 0.3 is 0 Å². The number of anilines is 1. The first kappa shape index (κ1) is 15.3. The lowest BCUT2D eigenvalue weighted by Gasteiger charge is -2.18. The van der Waals surface area contributed by atoms with Crippen LogP contribution < -0.4 is 5.32 Å². The Labute approximate surface area is 127 Å². The maximum absolute atomic E-state index is 12.9. The number of nitrogens with one attached hydrogen (secondary N) is 1. The van der Waals surface area contributed by atoms with Crippen molar-refractivity contribution < 1.29 is 9.18 Å². The van der Waals surface area contributed by atoms with Crippen LogP contribution in [0.5, 0.6) is 0 Å². The molecule has 0 spiro atoms. The molecule has 1 aromatic carbocycles. The third-order valence-electron chi connectivity index (χ3n) is 2.98. The zero-order valence-corrected chi connectivity index (χ0v) is 12.5. The van der Waals surface area contributed by atoms with Gasteiger partial charge in [-0.15, -0.1) is 0 Å². The van der Waals surface area contributed by atoms with Gasteiger partial charge in [-0.1, -0.05) is 23.7 Å². The number of benzene rings is 1. The molecule has 2 aromatic rings. The quantitative estimate of drug-likeness (QED) is 0.943. The molecule has 1 aromatic heterocycles. The Bertz CT molecular complexity index is 646. The summed E-state index contributed by atoms with van der Waals surface area (Å²) >= 11 is 6.03. The van der Waals surface area contributed by atoms with Crippen molar-refractivity contribution in [1.29, 1.82) is 0 Å². The Balaban J connectivity index is 2.17. The molecule has 110 valence electrons. The minimum Gasteiger partial charge on any atom is -0.373 e. The number of carbonyl (C=O) groups excluding carboxylic acids is 1. The smallest absolute Gasteiger partial charge is 0.274 e. The minimum absolute atomic E-state index is 0.188. The highest BCUT2D eigenvalue weighted by Crippen LogP contribution is 2.18. The van der Waals surface area contributed by atoms with Crippen LogP contribution in [0.25, 0.3) is 0 Å². The largest absolute Gasteiger partial charge is 0.373 e. The van der Waals surface area contributed by atoms with Gasteiger partial charge in [0.25, 0.3) is 5.91 Å². The van der Waals surface area contributed by atoms with E-state index in [1.54, 1.807) is 38.4 Å². The van der Waals surface area contributed by atoms with Crippen molar-refractivity contribution in [1.82, 2.24) is 9.88 Å². The highest BCUT2D eigenvalue weighted by atomic mass is 35.5. The van der Waals surface area contributed by atoms with Gasteiger partial charge in [-0.05, 0) is 29.8 Å². The summed E-state index contributed by atoms with van der Waals surface area (Å²) in [5.41, 5.74) is 1.02. The maximum atomic E-state index is 12.9. The predicted molar refractivity (Wildman–Crippen MR) is 81.0 cm³/mol. The molecule has 6 heteroatoms. The SMILES string of the molecule is CNc1ccc(Cl)c(C(=O)N(C)Cc2ccc(F)cc2)n1. The first-order valence-electron chi connectivity index (χ1n) is 6.35. The summed E-state index contributed by atoms with van der Waals surface area (Å²) in [6.07, 6.45) is 0. The fourth-order valence-corrected chi connectivity index (χ4v) is 2.03. The molecule has 0 unspecified atom stereocenters. The van der Waals surface area contributed by atoms with Crippen LogP contribution in [0.4, 0.5) is 10.2 Å². The van der Waals surface area contributed by atoms with E-state index in [4.69, 9.17) is 11.6 Å². The van der Waals surface area contributed by atoms with Gasteiger partial charge in [0.2, 0.25) is 0 Å². The molecule has 0 saturated carbocycles. The second-order valence-electron chi connectivity index (χ2n) is 4.56. The van der Waals surface area contributed by atoms with E-state index in [1.807, 2.05) is 0 Å². The van der Waals surface area contributed by atoms with Gasteiger partial charge in [-0.25, -0.2) is 9.37 Å². The minimum atomic E-state index is -0.306. The number of hydrogen-bond donors (Lipinski definition) is 1. The van der Waals surface area contributed by atoms with Crippen LogP contribution in [-0.4, -0.2) is 29.9 Å². The van der Waals surface area contributed by atoms with Crippen molar-refractivity contribution in [2.24, 2.45) is 0 Å². The van der Waals surface area contributed by atoms with Crippen molar-refractivity contribution in [3.05, 3.63) is 58.5 Å². The van der Waals surface area contributed by atoms with E-state index >= 15 is 0 Å². The van der Waals surface area contributed by atoms with Crippen LogP contribution in [0, 0.1) is 5.82 Å². The van der Waals surface area contributed by atoms with Crippen molar-refractivity contribution >= 4 is 23.3 Å². The molecular formula is C15H15ClFN3O. The van der Waals surface area contributed by atoms with Gasteiger partial charge in [0, 0.05) is 20.6 Å². The molecule has 0 fully saturated rings. The molecule has 0 aliphatic carbocycles. The standard InChI is InChI=1S/C15H15ClFN3O/c1-18-13-8-7-12(16)14(19-13)15(21)20(2)9-10-3-5-11(17)6-4-10/h3-8H,9H2,1-2H3,(H,18,19). The van der Waals surface area contributed by atoms with Crippen molar-refractivity contribution in [2.45, 2.75) is 6.54 Å². The zero-order valence-electron chi connectivity index (χ0n) is 11.7. The highest BCUT2D eigenvalue weighted by Gasteiger charge is 2.17. The second-order valence-corrected chi connectivity index (χ2v) is 4.97. The van der Waals surface area contributed by atoms with Crippen LogP contribution >= 0.6 is 11.6 Å². The average Bonchev–Trinajstić information content (AvgIpc) is 2.49. The molecule has 21 heavy (non-hydrogen) atoms. The molecule has 0 aliphatic rings. The molecular weight excluding hydrogens is 293 g/mol. The lowest BCUT2D eigenvalue weighted by Crippen LogP contribution is -2.27. The maximum Gasteiger partial charge on any atom is 0.274 e. The van der Waals surface area contributed by atoms with E-state index < -0.39 is 0 Å². The van der Waals surface area contributed by atoms with E-state index in [1.165, 1.54) is 17.0 Å². The normalized spacial score (nSPS) is 10.3. The molecule has 0 bridgehead atoms. The number of hydrogen-bond acceptors (Lipinski definition) is 3. The Hall–Kier alpha value is -2.14. The topological polar surface area (TPSA) is 45.2 Å². The number of rotatable bonds is 4. The molecule has 0 atom stereocenters. The van der Waals surface area contributed by atoms with Crippen LogP contribution in [0.3, 0.4) is 0 Å². The lowest BCUT2D eigenvalue weighted by molar-refractivity contribution is 0.0779. The Morgan fingerprint density at radius 1 is 1.29 bits per heavy atom. The molecule has 2 rings (SSSR count). The van der Waals surface area contributed by atoms with Crippen LogP contribution in [-0.2, 0) is 6.54 Å². The molecule has 4 nitrogen and oxygen atoms in total. The number of halogens is 2. The summed E-state index contributed by atoms with van der Waals surface area (Å²) in [6, 6.07) is 9.32. The third kappa shape index (κ3) is 3.70. The Morgan fingerprint density at radius 3 is 2.57 bits per heavy atom. The summed E-state index contributed by atoms with van der Waals surface area (Å²) in [4.78, 5) is 18.0. The molecule has 1 N–H and O–H groups in total. The van der Waals surface area contributed by atoms with Crippen LogP contribution in [0.15, 0.2) is 36.4 Å². The fraction of sp³-hybridized carbons (Fsp3) is 0.200. The van der Waals surface area contributed by atoms with Crippen molar-refractivity contribution in [2.75, 3.05) is 19.4 Å². The lowest BCUT2D eigenvalue weighted by atomic mass is 10.2. The summed E-state index contributed by atoms with van der Waals surface area (Å²) in [7, 11) is 3.36. The summed E-state index contributed by atoms with van der Waals surface area (Å²) < 4.78 is 12.9. The van der Waals surface area contributed by atoms with Gasteiger partial charge in [-0.3, -0.25) is 4.79 Å². The van der Waals surface area contributed by atoms with Gasteiger partial charge in [0.1, 0.15) is 17.3 Å². The van der Waals surface area contributed by atoms with Gasteiger partial charge in [0.15, 0.2) is 0 Å². The number of nitrogens with zero attached hydrogens (tertiary/aromatic N) is 2. The summed E-state index contributed by atoms with van der Waals surface area (Å²) in [5, 5.41) is 3.16. The molecule has 0 radical (unpaired) electrons. The molecule has 1 heterocycles. The van der Waals surface area contributed by atoms with Gasteiger partial charge < -0.3 is 10.2 Å². The molecule has 0 saturated heterocycles. The number of carbonyl (C=O) groups is 1. The van der Waals surface area contributed by atoms with E-state index in [0.29, 0.717) is 17.4 Å². The van der Waals surface area contributed by atoms with E-state index in [0.717, 1.165) is 5.56 Å². The van der Waals surface area contributed by atoms with Crippen molar-refractivity contribution in [3.63, 3.8) is 0 Å². The number of amides is 1. The van der Waals surface area contributed by atoms with Crippen molar-refractivity contribution in [3.8, 4) is 0 Å². The van der Waals surface area contributed by atoms with Crippen LogP contribution in [0.2, 0.25) is 5.02 Å². The van der Waals surface area contributed by atoms with Gasteiger partial charge in [0.05, 0.1) is 5.02 Å². The zero-order chi connectivity index (χ0) is 15.4. The molecule has 1 amide bonds. The first-order valence-corrected chi connectivity index (χ1v) is 6.73. The predicted octanol–water partition coefficient (Wildman–Crippen LogP) is 3.19. The molecule has 0 aliphatic heterocycles. The Kier molecular flexibility index (Phi) is 4.75. The van der Waals surface area contributed by atoms with Crippen LogP contribution in [0.1, 0.15) is 16.1 Å². The Morgan fingerprint density at radius 2 is 1.95 bits per heavy atom. The van der Waals surface area contributed by atoms with Gasteiger partial charge in [-0.2, -0.15) is 0 Å². The average molecular weight is 308 g/mol. The number of pyridine rings is 1. The monoisotopic (exact) mass is 307 g/mol. The van der Waals surface area contributed by atoms with E-state index in [9.17, 15) is 9.18 Å². The first-order chi connectivity index (χ1) is 10.0. The number of aromatic nitrogens is 1. The summed E-state index contributed by atoms with van der Waals surface area (Å²) in [5.74, 6) is -0.0291.